The number of amides is 1. The van der Waals surface area contributed by atoms with Crippen LogP contribution in [0.3, 0.4) is 0 Å². The molecule has 0 saturated carbocycles. The Kier molecular flexibility index (Phi) is 3.18. The molecule has 0 N–H and O–H groups in total. The van der Waals surface area contributed by atoms with Crippen LogP contribution in [-0.2, 0) is 11.2 Å². The molecule has 76 valence electrons. The van der Waals surface area contributed by atoms with Crippen LogP contribution in [0.15, 0.2) is 10.9 Å². The number of alkyl halides is 1. The summed E-state index contributed by atoms with van der Waals surface area (Å²) in [6.45, 7) is 1.63. The van der Waals surface area contributed by atoms with E-state index in [1.807, 2.05) is 15.8 Å². The smallest absolute Gasteiger partial charge is 0.223 e. The molecule has 1 aromatic heterocycles. The Hall–Kier alpha value is -0.420. The third-order valence-electron chi connectivity index (χ3n) is 2.29. The lowest BCUT2D eigenvalue weighted by Gasteiger charge is -2.14. The van der Waals surface area contributed by atoms with E-state index in [2.05, 4.69) is 20.9 Å². The van der Waals surface area contributed by atoms with Crippen molar-refractivity contribution in [3.63, 3.8) is 0 Å². The number of carbonyl (C=O) groups is 1. The van der Waals surface area contributed by atoms with Crippen molar-refractivity contribution < 1.29 is 4.79 Å². The van der Waals surface area contributed by atoms with Crippen LogP contribution in [-0.4, -0.2) is 33.7 Å². The summed E-state index contributed by atoms with van der Waals surface area (Å²) >= 11 is 5.06. The number of hydrogen-bond acceptors (Lipinski definition) is 3. The number of hydrogen-bond donors (Lipinski definition) is 0. The van der Waals surface area contributed by atoms with Crippen LogP contribution in [0, 0.1) is 0 Å². The molecular weight excluding hydrogens is 264 g/mol. The van der Waals surface area contributed by atoms with Gasteiger partial charge in [0.1, 0.15) is 0 Å². The van der Waals surface area contributed by atoms with E-state index >= 15 is 0 Å². The van der Waals surface area contributed by atoms with Gasteiger partial charge in [-0.1, -0.05) is 15.9 Å². The predicted molar refractivity (Wildman–Crippen MR) is 59.7 cm³/mol. The van der Waals surface area contributed by atoms with E-state index in [-0.39, 0.29) is 5.91 Å². The molecule has 0 spiro atoms. The molecule has 3 nitrogen and oxygen atoms in total. The molecule has 0 aliphatic carbocycles. The number of carbonyl (C=O) groups excluding carboxylic acids is 1. The van der Waals surface area contributed by atoms with Crippen LogP contribution in [0.25, 0.3) is 0 Å². The number of nitrogens with zero attached hydrogens (tertiary/aromatic N) is 2. The molecular formula is C9H11BrN2OS. The second-order valence-corrected chi connectivity index (χ2v) is 5.38. The summed E-state index contributed by atoms with van der Waals surface area (Å²) in [5, 5.41) is 2.03. The Morgan fingerprint density at radius 1 is 1.71 bits per heavy atom. The van der Waals surface area contributed by atoms with Crippen molar-refractivity contribution in [2.75, 3.05) is 13.1 Å². The van der Waals surface area contributed by atoms with Crippen molar-refractivity contribution in [3.8, 4) is 0 Å². The van der Waals surface area contributed by atoms with Crippen LogP contribution in [0.5, 0.6) is 0 Å². The van der Waals surface area contributed by atoms with Crippen molar-refractivity contribution in [2.24, 2.45) is 0 Å². The molecule has 0 radical (unpaired) electrons. The molecule has 1 saturated heterocycles. The van der Waals surface area contributed by atoms with Gasteiger partial charge in [0.25, 0.3) is 0 Å². The van der Waals surface area contributed by atoms with E-state index in [0.29, 0.717) is 11.2 Å². The summed E-state index contributed by atoms with van der Waals surface area (Å²) in [5.74, 6) is 0.252. The Morgan fingerprint density at radius 2 is 2.57 bits per heavy atom. The third kappa shape index (κ3) is 2.33. The van der Waals surface area contributed by atoms with E-state index in [1.165, 1.54) is 0 Å². The Balaban J connectivity index is 1.84. The van der Waals surface area contributed by atoms with Gasteiger partial charge in [0.15, 0.2) is 0 Å². The van der Waals surface area contributed by atoms with Gasteiger partial charge in [-0.25, -0.2) is 4.98 Å². The lowest BCUT2D eigenvalue weighted by Crippen LogP contribution is -2.27. The quantitative estimate of drug-likeness (QED) is 0.786. The molecule has 14 heavy (non-hydrogen) atoms. The fraction of sp³-hybridized carbons (Fsp3) is 0.556. The maximum absolute atomic E-state index is 11.4. The zero-order valence-electron chi connectivity index (χ0n) is 7.65. The molecule has 1 fully saturated rings. The first-order valence-electron chi connectivity index (χ1n) is 4.54. The van der Waals surface area contributed by atoms with Gasteiger partial charge in [0.2, 0.25) is 5.91 Å². The Morgan fingerprint density at radius 3 is 3.14 bits per heavy atom. The summed E-state index contributed by atoms with van der Waals surface area (Å²) in [6.07, 6.45) is 1.51. The predicted octanol–water partition coefficient (Wildman–Crippen LogP) is 1.68. The average molecular weight is 275 g/mol. The lowest BCUT2D eigenvalue weighted by molar-refractivity contribution is -0.127. The Labute approximate surface area is 95.3 Å². The van der Waals surface area contributed by atoms with Crippen LogP contribution in [0.4, 0.5) is 0 Å². The van der Waals surface area contributed by atoms with Crippen molar-refractivity contribution in [2.45, 2.75) is 17.7 Å². The minimum atomic E-state index is 0.252. The average Bonchev–Trinajstić information content (AvgIpc) is 2.72. The van der Waals surface area contributed by atoms with Gasteiger partial charge >= 0.3 is 0 Å². The maximum Gasteiger partial charge on any atom is 0.223 e. The van der Waals surface area contributed by atoms with Gasteiger partial charge in [-0.15, -0.1) is 11.3 Å². The normalized spacial score (nSPS) is 21.9. The second kappa shape index (κ2) is 4.40. The number of halogens is 1. The molecule has 1 atom stereocenters. The van der Waals surface area contributed by atoms with Gasteiger partial charge in [-0.05, 0) is 0 Å². The van der Waals surface area contributed by atoms with Crippen molar-refractivity contribution in [3.05, 3.63) is 16.6 Å². The van der Waals surface area contributed by atoms with Crippen molar-refractivity contribution in [1.82, 2.24) is 9.88 Å². The molecule has 1 amide bonds. The van der Waals surface area contributed by atoms with E-state index in [9.17, 15) is 4.79 Å². The van der Waals surface area contributed by atoms with E-state index < -0.39 is 0 Å². The van der Waals surface area contributed by atoms with Gasteiger partial charge in [-0.3, -0.25) is 4.79 Å². The highest BCUT2D eigenvalue weighted by atomic mass is 79.9. The Bertz CT molecular complexity index is 315. The first-order valence-corrected chi connectivity index (χ1v) is 6.40. The number of likely N-dealkylation sites (tertiary alicyclic amines) is 1. The molecule has 1 unspecified atom stereocenters. The zero-order chi connectivity index (χ0) is 9.97. The zero-order valence-corrected chi connectivity index (χ0v) is 10.1. The monoisotopic (exact) mass is 274 g/mol. The minimum Gasteiger partial charge on any atom is -0.341 e. The lowest BCUT2D eigenvalue weighted by atomic mass is 10.3. The minimum absolute atomic E-state index is 0.252. The highest BCUT2D eigenvalue weighted by molar-refractivity contribution is 9.09. The second-order valence-electron chi connectivity index (χ2n) is 3.37. The van der Waals surface area contributed by atoms with E-state index in [4.69, 9.17) is 0 Å². The van der Waals surface area contributed by atoms with Gasteiger partial charge < -0.3 is 4.90 Å². The van der Waals surface area contributed by atoms with E-state index in [1.54, 1.807) is 11.3 Å². The van der Waals surface area contributed by atoms with Crippen LogP contribution in [0.1, 0.15) is 12.1 Å². The molecule has 0 bridgehead atoms. The van der Waals surface area contributed by atoms with Crippen LogP contribution >= 0.6 is 27.3 Å². The molecule has 2 heterocycles. The highest BCUT2D eigenvalue weighted by Crippen LogP contribution is 2.18. The first-order chi connectivity index (χ1) is 6.75. The molecule has 1 aromatic rings. The third-order valence-corrected chi connectivity index (χ3v) is 3.54. The SMILES string of the molecule is O=C1CC(Br)CN1CCc1cscn1. The van der Waals surface area contributed by atoms with Crippen molar-refractivity contribution in [1.29, 1.82) is 0 Å². The van der Waals surface area contributed by atoms with Crippen LogP contribution in [0.2, 0.25) is 0 Å². The fourth-order valence-electron chi connectivity index (χ4n) is 1.55. The molecule has 0 aromatic carbocycles. The van der Waals surface area contributed by atoms with Gasteiger partial charge in [0.05, 0.1) is 11.2 Å². The molecule has 1 aliphatic heterocycles. The molecule has 1 aliphatic rings. The molecule has 5 heteroatoms. The number of rotatable bonds is 3. The summed E-state index contributed by atoms with van der Waals surface area (Å²) in [5.41, 5.74) is 2.91. The molecule has 2 rings (SSSR count). The number of thiazole rings is 1. The van der Waals surface area contributed by atoms with Crippen molar-refractivity contribution >= 4 is 33.2 Å². The highest BCUT2D eigenvalue weighted by Gasteiger charge is 2.26. The fourth-order valence-corrected chi connectivity index (χ4v) is 2.77. The van der Waals surface area contributed by atoms with E-state index in [0.717, 1.165) is 25.2 Å². The topological polar surface area (TPSA) is 33.2 Å². The standard InChI is InChI=1S/C9H11BrN2OS/c10-7-3-9(13)12(4-7)2-1-8-5-14-6-11-8/h5-7H,1-4H2. The van der Waals surface area contributed by atoms with Gasteiger partial charge in [0, 0.05) is 36.1 Å². The number of aromatic nitrogens is 1. The van der Waals surface area contributed by atoms with Gasteiger partial charge in [-0.2, -0.15) is 0 Å². The largest absolute Gasteiger partial charge is 0.341 e. The summed E-state index contributed by atoms with van der Waals surface area (Å²) in [4.78, 5) is 17.9. The summed E-state index contributed by atoms with van der Waals surface area (Å²) in [7, 11) is 0. The summed E-state index contributed by atoms with van der Waals surface area (Å²) in [6, 6.07) is 0. The summed E-state index contributed by atoms with van der Waals surface area (Å²) < 4.78 is 0. The first kappa shape index (κ1) is 10.1. The van der Waals surface area contributed by atoms with Crippen LogP contribution < -0.4 is 0 Å². The maximum atomic E-state index is 11.4.